The van der Waals surface area contributed by atoms with Gasteiger partial charge in [0.15, 0.2) is 0 Å². The number of hydrogen-bond acceptors (Lipinski definition) is 4. The zero-order chi connectivity index (χ0) is 11.7. The molecule has 0 fully saturated rings. The van der Waals surface area contributed by atoms with Gasteiger partial charge in [0, 0.05) is 18.5 Å². The van der Waals surface area contributed by atoms with E-state index in [2.05, 4.69) is 15.4 Å². The Balaban J connectivity index is 2.16. The van der Waals surface area contributed by atoms with E-state index in [9.17, 15) is 4.79 Å². The first-order valence-electron chi connectivity index (χ1n) is 4.80. The molecular formula is C10H12N4OS. The first-order valence-corrected chi connectivity index (χ1v) is 5.68. The Hall–Kier alpha value is -1.69. The van der Waals surface area contributed by atoms with Crippen molar-refractivity contribution < 1.29 is 4.79 Å². The predicted molar refractivity (Wildman–Crippen MR) is 62.7 cm³/mol. The Bertz CT molecular complexity index is 529. The number of carbonyl (C=O) groups is 1. The van der Waals surface area contributed by atoms with Gasteiger partial charge < -0.3 is 5.32 Å². The Kier molecular flexibility index (Phi) is 2.74. The number of carbonyl (C=O) groups excluding carboxylic acids is 1. The highest BCUT2D eigenvalue weighted by molar-refractivity contribution is 7.09. The zero-order valence-corrected chi connectivity index (χ0v) is 10.1. The van der Waals surface area contributed by atoms with E-state index in [4.69, 9.17) is 0 Å². The minimum Gasteiger partial charge on any atom is -0.305 e. The molecule has 2 rings (SSSR count). The monoisotopic (exact) mass is 236 g/mol. The molecule has 0 spiro atoms. The SMILES string of the molecule is Cc1cc(NC(=O)c2csc(C)n2)n(C)n1. The standard InChI is InChI=1S/C10H12N4OS/c1-6-4-9(14(3)13-6)12-10(15)8-5-16-7(2)11-8/h4-5H,1-3H3,(H,12,15). The molecule has 0 saturated heterocycles. The molecule has 84 valence electrons. The minimum absolute atomic E-state index is 0.202. The summed E-state index contributed by atoms with van der Waals surface area (Å²) in [5.41, 5.74) is 1.31. The van der Waals surface area contributed by atoms with Gasteiger partial charge in [-0.3, -0.25) is 9.48 Å². The molecular weight excluding hydrogens is 224 g/mol. The topological polar surface area (TPSA) is 59.8 Å². The maximum absolute atomic E-state index is 11.8. The second kappa shape index (κ2) is 4.05. The highest BCUT2D eigenvalue weighted by Crippen LogP contribution is 2.12. The Labute approximate surface area is 97.1 Å². The van der Waals surface area contributed by atoms with Crippen LogP contribution in [0, 0.1) is 13.8 Å². The van der Waals surface area contributed by atoms with Crippen LogP contribution >= 0.6 is 11.3 Å². The summed E-state index contributed by atoms with van der Waals surface area (Å²) in [7, 11) is 1.79. The number of aromatic nitrogens is 3. The lowest BCUT2D eigenvalue weighted by Crippen LogP contribution is -2.14. The third-order valence-electron chi connectivity index (χ3n) is 2.10. The number of anilines is 1. The normalized spacial score (nSPS) is 10.4. The van der Waals surface area contributed by atoms with Crippen molar-refractivity contribution >= 4 is 23.1 Å². The van der Waals surface area contributed by atoms with Crippen LogP contribution in [0.15, 0.2) is 11.4 Å². The average Bonchev–Trinajstić information content (AvgIpc) is 2.74. The van der Waals surface area contributed by atoms with Crippen molar-refractivity contribution in [2.75, 3.05) is 5.32 Å². The molecule has 0 aliphatic carbocycles. The van der Waals surface area contributed by atoms with Crippen LogP contribution in [-0.2, 0) is 7.05 Å². The molecule has 2 heterocycles. The first kappa shape index (κ1) is 10.8. The Morgan fingerprint density at radius 3 is 2.75 bits per heavy atom. The molecule has 1 N–H and O–H groups in total. The summed E-state index contributed by atoms with van der Waals surface area (Å²) in [6.45, 7) is 3.75. The quantitative estimate of drug-likeness (QED) is 0.864. The van der Waals surface area contributed by atoms with Gasteiger partial charge >= 0.3 is 0 Å². The van der Waals surface area contributed by atoms with Crippen molar-refractivity contribution in [3.8, 4) is 0 Å². The summed E-state index contributed by atoms with van der Waals surface area (Å²) >= 11 is 1.46. The van der Waals surface area contributed by atoms with Crippen LogP contribution in [0.5, 0.6) is 0 Å². The molecule has 0 aliphatic rings. The van der Waals surface area contributed by atoms with Crippen molar-refractivity contribution in [1.82, 2.24) is 14.8 Å². The molecule has 0 unspecified atom stereocenters. The fourth-order valence-corrected chi connectivity index (χ4v) is 1.97. The van der Waals surface area contributed by atoms with E-state index < -0.39 is 0 Å². The summed E-state index contributed by atoms with van der Waals surface area (Å²) in [4.78, 5) is 15.9. The van der Waals surface area contributed by atoms with Crippen molar-refractivity contribution in [3.05, 3.63) is 27.8 Å². The van der Waals surface area contributed by atoms with E-state index in [1.54, 1.807) is 17.1 Å². The first-order chi connectivity index (χ1) is 7.56. The smallest absolute Gasteiger partial charge is 0.276 e. The van der Waals surface area contributed by atoms with Crippen LogP contribution in [0.2, 0.25) is 0 Å². The molecule has 2 aromatic heterocycles. The van der Waals surface area contributed by atoms with Gasteiger partial charge in [-0.25, -0.2) is 4.98 Å². The molecule has 0 atom stereocenters. The van der Waals surface area contributed by atoms with Gasteiger partial charge in [0.1, 0.15) is 11.5 Å². The van der Waals surface area contributed by atoms with Gasteiger partial charge in [0.25, 0.3) is 5.91 Å². The van der Waals surface area contributed by atoms with E-state index in [1.807, 2.05) is 19.9 Å². The highest BCUT2D eigenvalue weighted by atomic mass is 32.1. The number of nitrogens with one attached hydrogen (secondary N) is 1. The van der Waals surface area contributed by atoms with Crippen LogP contribution in [-0.4, -0.2) is 20.7 Å². The Morgan fingerprint density at radius 1 is 1.50 bits per heavy atom. The van der Waals surface area contributed by atoms with Gasteiger partial charge in [0.05, 0.1) is 10.7 Å². The van der Waals surface area contributed by atoms with E-state index in [1.165, 1.54) is 11.3 Å². The van der Waals surface area contributed by atoms with Crippen LogP contribution in [0.25, 0.3) is 0 Å². The number of nitrogens with zero attached hydrogens (tertiary/aromatic N) is 3. The molecule has 1 amide bonds. The van der Waals surface area contributed by atoms with Crippen LogP contribution in [0.3, 0.4) is 0 Å². The maximum Gasteiger partial charge on any atom is 0.276 e. The number of amides is 1. The predicted octanol–water partition coefficient (Wildman–Crippen LogP) is 1.75. The number of rotatable bonds is 2. The second-order valence-corrected chi connectivity index (χ2v) is 4.56. The van der Waals surface area contributed by atoms with Gasteiger partial charge in [0.2, 0.25) is 0 Å². The van der Waals surface area contributed by atoms with Gasteiger partial charge in [-0.15, -0.1) is 11.3 Å². The molecule has 2 aromatic rings. The van der Waals surface area contributed by atoms with Crippen molar-refractivity contribution in [2.45, 2.75) is 13.8 Å². The van der Waals surface area contributed by atoms with E-state index in [-0.39, 0.29) is 5.91 Å². The molecule has 0 radical (unpaired) electrons. The summed E-state index contributed by atoms with van der Waals surface area (Å²) in [6.07, 6.45) is 0. The average molecular weight is 236 g/mol. The molecule has 0 aliphatic heterocycles. The molecule has 16 heavy (non-hydrogen) atoms. The summed E-state index contributed by atoms with van der Waals surface area (Å²) in [6, 6.07) is 1.82. The maximum atomic E-state index is 11.8. The fraction of sp³-hybridized carbons (Fsp3) is 0.300. The van der Waals surface area contributed by atoms with Gasteiger partial charge in [-0.05, 0) is 13.8 Å². The van der Waals surface area contributed by atoms with E-state index in [0.29, 0.717) is 11.5 Å². The summed E-state index contributed by atoms with van der Waals surface area (Å²) in [5.74, 6) is 0.473. The minimum atomic E-state index is -0.202. The number of thiazole rings is 1. The molecule has 0 saturated carbocycles. The van der Waals surface area contributed by atoms with Crippen LogP contribution < -0.4 is 5.32 Å². The zero-order valence-electron chi connectivity index (χ0n) is 9.31. The summed E-state index contributed by atoms with van der Waals surface area (Å²) in [5, 5.41) is 9.54. The lowest BCUT2D eigenvalue weighted by molar-refractivity contribution is 0.102. The third-order valence-corrected chi connectivity index (χ3v) is 2.87. The lowest BCUT2D eigenvalue weighted by atomic mass is 10.4. The Morgan fingerprint density at radius 2 is 2.25 bits per heavy atom. The van der Waals surface area contributed by atoms with Crippen LogP contribution in [0.4, 0.5) is 5.82 Å². The lowest BCUT2D eigenvalue weighted by Gasteiger charge is -2.02. The van der Waals surface area contributed by atoms with Crippen molar-refractivity contribution in [3.63, 3.8) is 0 Å². The number of hydrogen-bond donors (Lipinski definition) is 1. The van der Waals surface area contributed by atoms with E-state index >= 15 is 0 Å². The van der Waals surface area contributed by atoms with Crippen molar-refractivity contribution in [2.24, 2.45) is 7.05 Å². The molecule has 6 heteroatoms. The van der Waals surface area contributed by atoms with Gasteiger partial charge in [-0.2, -0.15) is 5.10 Å². The molecule has 0 bridgehead atoms. The summed E-state index contributed by atoms with van der Waals surface area (Å²) < 4.78 is 1.63. The second-order valence-electron chi connectivity index (χ2n) is 3.50. The molecule has 5 nitrogen and oxygen atoms in total. The fourth-order valence-electron chi connectivity index (χ4n) is 1.38. The number of aryl methyl sites for hydroxylation is 3. The van der Waals surface area contributed by atoms with Gasteiger partial charge in [-0.1, -0.05) is 0 Å². The largest absolute Gasteiger partial charge is 0.305 e. The molecule has 0 aromatic carbocycles. The third kappa shape index (κ3) is 2.11. The highest BCUT2D eigenvalue weighted by Gasteiger charge is 2.11. The van der Waals surface area contributed by atoms with Crippen molar-refractivity contribution in [1.29, 1.82) is 0 Å². The van der Waals surface area contributed by atoms with E-state index in [0.717, 1.165) is 10.7 Å². The van der Waals surface area contributed by atoms with Crippen LogP contribution in [0.1, 0.15) is 21.2 Å².